The minimum absolute atomic E-state index is 0.0253. The van der Waals surface area contributed by atoms with Crippen LogP contribution in [0.15, 0.2) is 127 Å². The van der Waals surface area contributed by atoms with Crippen LogP contribution in [0.2, 0.25) is 0 Å². The fraction of sp³-hybridized carbons (Fsp3) is 0.100. The maximum Gasteiger partial charge on any atom is 0.0709 e. The van der Waals surface area contributed by atoms with Gasteiger partial charge >= 0.3 is 0 Å². The Kier molecular flexibility index (Phi) is 5.20. The molecule has 0 aliphatic heterocycles. The molecule has 3 aromatic carbocycles. The summed E-state index contributed by atoms with van der Waals surface area (Å²) in [5.41, 5.74) is 5.46. The number of anilines is 2. The van der Waals surface area contributed by atoms with E-state index in [1.165, 1.54) is 5.39 Å². The van der Waals surface area contributed by atoms with Crippen molar-refractivity contribution in [2.24, 2.45) is 5.41 Å². The smallest absolute Gasteiger partial charge is 0.0709 e. The van der Waals surface area contributed by atoms with Crippen LogP contribution in [0.5, 0.6) is 0 Å². The Hall–Kier alpha value is -3.91. The maximum absolute atomic E-state index is 4.74. The SMILES string of the molecule is CC1(C)C=CC=C(N(c2ccccc2)c2cccc(-c3cc4ccccc4cn3)c2)C=C1. The molecule has 0 bridgehead atoms. The zero-order valence-electron chi connectivity index (χ0n) is 18.4. The molecule has 5 rings (SSSR count). The molecule has 0 atom stereocenters. The Balaban J connectivity index is 1.61. The molecule has 0 saturated carbocycles. The van der Waals surface area contributed by atoms with Gasteiger partial charge in [-0.1, -0.05) is 86.7 Å². The lowest BCUT2D eigenvalue weighted by Gasteiger charge is -2.27. The van der Waals surface area contributed by atoms with Gasteiger partial charge in [0.05, 0.1) is 5.69 Å². The molecule has 0 saturated heterocycles. The molecule has 0 radical (unpaired) electrons. The molecule has 2 heteroatoms. The van der Waals surface area contributed by atoms with Crippen molar-refractivity contribution in [1.29, 1.82) is 0 Å². The molecule has 0 spiro atoms. The normalized spacial score (nSPS) is 14.8. The van der Waals surface area contributed by atoms with Crippen molar-refractivity contribution in [2.45, 2.75) is 13.8 Å². The molecule has 4 aromatic rings. The molecule has 0 fully saturated rings. The van der Waals surface area contributed by atoms with E-state index in [2.05, 4.69) is 128 Å². The summed E-state index contributed by atoms with van der Waals surface area (Å²) in [6.45, 7) is 4.44. The molecule has 2 nitrogen and oxygen atoms in total. The number of rotatable bonds is 4. The summed E-state index contributed by atoms with van der Waals surface area (Å²) < 4.78 is 0. The lowest BCUT2D eigenvalue weighted by Crippen LogP contribution is -2.15. The molecule has 1 aliphatic carbocycles. The number of hydrogen-bond donors (Lipinski definition) is 0. The van der Waals surface area contributed by atoms with E-state index >= 15 is 0 Å². The minimum Gasteiger partial charge on any atom is -0.310 e. The highest BCUT2D eigenvalue weighted by molar-refractivity contribution is 5.86. The predicted molar refractivity (Wildman–Crippen MR) is 136 cm³/mol. The summed E-state index contributed by atoms with van der Waals surface area (Å²) in [6.07, 6.45) is 13.0. The van der Waals surface area contributed by atoms with E-state index in [4.69, 9.17) is 4.98 Å². The number of pyridine rings is 1. The first kappa shape index (κ1) is 20.0. The number of hydrogen-bond acceptors (Lipinski definition) is 2. The van der Waals surface area contributed by atoms with Crippen molar-refractivity contribution in [3.05, 3.63) is 127 Å². The molecule has 1 aliphatic rings. The van der Waals surface area contributed by atoms with Crippen LogP contribution in [0.25, 0.3) is 22.0 Å². The van der Waals surface area contributed by atoms with Crippen LogP contribution in [0.4, 0.5) is 11.4 Å². The van der Waals surface area contributed by atoms with E-state index in [1.807, 2.05) is 12.3 Å². The second-order valence-electron chi connectivity index (χ2n) is 8.74. The predicted octanol–water partition coefficient (Wildman–Crippen LogP) is 8.08. The average Bonchev–Trinajstić information content (AvgIpc) is 3.00. The van der Waals surface area contributed by atoms with Crippen LogP contribution in [0.1, 0.15) is 13.8 Å². The molecular formula is C30H26N2. The van der Waals surface area contributed by atoms with Gasteiger partial charge in [-0.2, -0.15) is 0 Å². The third-order valence-corrected chi connectivity index (χ3v) is 5.78. The number of aromatic nitrogens is 1. The highest BCUT2D eigenvalue weighted by Gasteiger charge is 2.17. The van der Waals surface area contributed by atoms with Gasteiger partial charge < -0.3 is 4.90 Å². The molecule has 156 valence electrons. The third kappa shape index (κ3) is 4.13. The zero-order valence-corrected chi connectivity index (χ0v) is 18.4. The molecular weight excluding hydrogens is 388 g/mol. The topological polar surface area (TPSA) is 16.1 Å². The summed E-state index contributed by atoms with van der Waals surface area (Å²) >= 11 is 0. The monoisotopic (exact) mass is 414 g/mol. The van der Waals surface area contributed by atoms with Gasteiger partial charge in [0.25, 0.3) is 0 Å². The summed E-state index contributed by atoms with van der Waals surface area (Å²) in [6, 6.07) is 29.6. The largest absolute Gasteiger partial charge is 0.310 e. The van der Waals surface area contributed by atoms with E-state index < -0.39 is 0 Å². The first-order chi connectivity index (χ1) is 15.6. The van der Waals surface area contributed by atoms with Crippen LogP contribution in [0.3, 0.4) is 0 Å². The highest BCUT2D eigenvalue weighted by Crippen LogP contribution is 2.35. The molecule has 1 aromatic heterocycles. The highest BCUT2D eigenvalue weighted by atomic mass is 15.1. The van der Waals surface area contributed by atoms with Crippen LogP contribution < -0.4 is 4.90 Å². The van der Waals surface area contributed by atoms with Crippen LogP contribution in [0, 0.1) is 5.41 Å². The van der Waals surface area contributed by atoms with Crippen molar-refractivity contribution in [3.63, 3.8) is 0 Å². The Morgan fingerprint density at radius 3 is 2.31 bits per heavy atom. The number of fused-ring (bicyclic) bond motifs is 1. The fourth-order valence-electron chi connectivity index (χ4n) is 4.03. The second kappa shape index (κ2) is 8.32. The minimum atomic E-state index is 0.0253. The number of benzene rings is 3. The Bertz CT molecular complexity index is 1340. The Labute approximate surface area is 189 Å². The van der Waals surface area contributed by atoms with E-state index in [0.29, 0.717) is 0 Å². The van der Waals surface area contributed by atoms with Gasteiger partial charge in [-0.05, 0) is 47.9 Å². The number of allylic oxidation sites excluding steroid dienone is 5. The fourth-order valence-corrected chi connectivity index (χ4v) is 4.03. The van der Waals surface area contributed by atoms with E-state index in [1.54, 1.807) is 0 Å². The molecule has 0 unspecified atom stereocenters. The van der Waals surface area contributed by atoms with Crippen LogP contribution >= 0.6 is 0 Å². The number of nitrogens with zero attached hydrogens (tertiary/aromatic N) is 2. The second-order valence-corrected chi connectivity index (χ2v) is 8.74. The Morgan fingerprint density at radius 2 is 1.47 bits per heavy atom. The summed E-state index contributed by atoms with van der Waals surface area (Å²) in [5, 5.41) is 2.35. The van der Waals surface area contributed by atoms with Gasteiger partial charge in [-0.3, -0.25) is 4.98 Å². The van der Waals surface area contributed by atoms with Gasteiger partial charge in [0.1, 0.15) is 0 Å². The molecule has 0 N–H and O–H groups in total. The first-order valence-electron chi connectivity index (χ1n) is 11.0. The molecule has 1 heterocycles. The van der Waals surface area contributed by atoms with E-state index in [0.717, 1.165) is 33.7 Å². The summed E-state index contributed by atoms with van der Waals surface area (Å²) in [4.78, 5) is 7.04. The lowest BCUT2D eigenvalue weighted by atomic mass is 9.93. The average molecular weight is 415 g/mol. The van der Waals surface area contributed by atoms with Gasteiger partial charge in [0.2, 0.25) is 0 Å². The van der Waals surface area contributed by atoms with Crippen molar-refractivity contribution in [3.8, 4) is 11.3 Å². The maximum atomic E-state index is 4.74. The zero-order chi connectivity index (χ0) is 22.0. The molecule has 32 heavy (non-hydrogen) atoms. The van der Waals surface area contributed by atoms with Gasteiger partial charge in [-0.15, -0.1) is 0 Å². The summed E-state index contributed by atoms with van der Waals surface area (Å²) in [7, 11) is 0. The van der Waals surface area contributed by atoms with Crippen LogP contribution in [-0.2, 0) is 0 Å². The van der Waals surface area contributed by atoms with E-state index in [9.17, 15) is 0 Å². The van der Waals surface area contributed by atoms with Crippen molar-refractivity contribution in [2.75, 3.05) is 4.90 Å². The van der Waals surface area contributed by atoms with Crippen molar-refractivity contribution >= 4 is 22.1 Å². The van der Waals surface area contributed by atoms with Gasteiger partial charge in [0.15, 0.2) is 0 Å². The standard InChI is InChI=1S/C30H26N2/c1-30(2)18-9-16-27(17-19-30)32(26-13-4-3-5-14-26)28-15-8-12-24(20-28)29-21-23-10-6-7-11-25(23)22-31-29/h3-22H,1-2H3. The van der Waals surface area contributed by atoms with E-state index in [-0.39, 0.29) is 5.41 Å². The first-order valence-corrected chi connectivity index (χ1v) is 11.0. The quantitative estimate of drug-likeness (QED) is 0.335. The van der Waals surface area contributed by atoms with Crippen LogP contribution in [-0.4, -0.2) is 4.98 Å². The third-order valence-electron chi connectivity index (χ3n) is 5.78. The lowest BCUT2D eigenvalue weighted by molar-refractivity contribution is 0.627. The molecule has 0 amide bonds. The number of para-hydroxylation sites is 1. The van der Waals surface area contributed by atoms with Crippen molar-refractivity contribution in [1.82, 2.24) is 4.98 Å². The summed E-state index contributed by atoms with van der Waals surface area (Å²) in [5.74, 6) is 0. The van der Waals surface area contributed by atoms with Crippen molar-refractivity contribution < 1.29 is 0 Å². The van der Waals surface area contributed by atoms with Gasteiger partial charge in [0, 0.05) is 39.6 Å². The Morgan fingerprint density at radius 1 is 0.719 bits per heavy atom. The van der Waals surface area contributed by atoms with Gasteiger partial charge in [-0.25, -0.2) is 0 Å².